The number of benzene rings is 1. The highest BCUT2D eigenvalue weighted by Gasteiger charge is 2.18. The average molecular weight is 296 g/mol. The molecule has 0 saturated heterocycles. The zero-order chi connectivity index (χ0) is 14.6. The maximum atomic E-state index is 12.1. The largest absolute Gasteiger partial charge is 0.327 e. The lowest BCUT2D eigenvalue weighted by Crippen LogP contribution is -2.35. The Morgan fingerprint density at radius 1 is 1.20 bits per heavy atom. The minimum Gasteiger partial charge on any atom is -0.327 e. The van der Waals surface area contributed by atoms with Crippen LogP contribution in [0, 0.1) is 0 Å². The van der Waals surface area contributed by atoms with Crippen LogP contribution in [0.1, 0.15) is 50.5 Å². The van der Waals surface area contributed by atoms with Gasteiger partial charge in [-0.3, -0.25) is 0 Å². The van der Waals surface area contributed by atoms with Crippen molar-refractivity contribution >= 4 is 10.0 Å². The van der Waals surface area contributed by atoms with Crippen LogP contribution in [0.25, 0.3) is 0 Å². The minimum atomic E-state index is -3.43. The molecule has 0 heterocycles. The lowest BCUT2D eigenvalue weighted by Gasteiger charge is -2.22. The van der Waals surface area contributed by atoms with Crippen molar-refractivity contribution in [1.29, 1.82) is 0 Å². The molecule has 20 heavy (non-hydrogen) atoms. The van der Waals surface area contributed by atoms with Gasteiger partial charge in [0.15, 0.2) is 0 Å². The fraction of sp³-hybridized carbons (Fsp3) is 0.600. The zero-order valence-electron chi connectivity index (χ0n) is 12.0. The Kier molecular flexibility index (Phi) is 5.18. The molecule has 2 rings (SSSR count). The monoisotopic (exact) mass is 296 g/mol. The number of nitrogens with one attached hydrogen (secondary N) is 1. The van der Waals surface area contributed by atoms with Crippen molar-refractivity contribution in [3.05, 3.63) is 29.8 Å². The first-order valence-corrected chi connectivity index (χ1v) is 8.82. The van der Waals surface area contributed by atoms with E-state index >= 15 is 0 Å². The molecule has 1 saturated carbocycles. The summed E-state index contributed by atoms with van der Waals surface area (Å²) in [6.07, 6.45) is 6.32. The minimum absolute atomic E-state index is 0.189. The molecule has 1 aliphatic rings. The van der Waals surface area contributed by atoms with Crippen molar-refractivity contribution < 1.29 is 8.42 Å². The third-order valence-electron chi connectivity index (χ3n) is 3.86. The van der Waals surface area contributed by atoms with Gasteiger partial charge in [-0.1, -0.05) is 31.4 Å². The Bertz CT molecular complexity index is 517. The molecule has 0 aliphatic heterocycles. The van der Waals surface area contributed by atoms with Crippen LogP contribution < -0.4 is 10.5 Å². The van der Waals surface area contributed by atoms with Gasteiger partial charge in [0.25, 0.3) is 0 Å². The summed E-state index contributed by atoms with van der Waals surface area (Å²) in [5, 5.41) is 0. The van der Waals surface area contributed by atoms with E-state index in [1.54, 1.807) is 19.1 Å². The molecule has 0 radical (unpaired) electrons. The molecule has 3 N–H and O–H groups in total. The Balaban J connectivity index is 2.07. The third-order valence-corrected chi connectivity index (χ3v) is 5.30. The number of nitrogens with two attached hydrogens (primary N) is 1. The van der Waals surface area contributed by atoms with Gasteiger partial charge in [0, 0.05) is 12.6 Å². The van der Waals surface area contributed by atoms with Crippen molar-refractivity contribution in [1.82, 2.24) is 4.72 Å². The van der Waals surface area contributed by atoms with Gasteiger partial charge in [-0.05, 0) is 43.4 Å². The van der Waals surface area contributed by atoms with E-state index in [0.717, 1.165) is 0 Å². The molecule has 1 aromatic carbocycles. The molecule has 1 aromatic rings. The van der Waals surface area contributed by atoms with E-state index in [4.69, 9.17) is 5.73 Å². The van der Waals surface area contributed by atoms with Gasteiger partial charge < -0.3 is 5.73 Å². The van der Waals surface area contributed by atoms with Gasteiger partial charge in [0.1, 0.15) is 0 Å². The van der Waals surface area contributed by atoms with E-state index in [1.165, 1.54) is 37.7 Å². The fourth-order valence-corrected chi connectivity index (χ4v) is 3.82. The second kappa shape index (κ2) is 6.70. The van der Waals surface area contributed by atoms with Crippen molar-refractivity contribution in [2.45, 2.75) is 55.9 Å². The third kappa shape index (κ3) is 4.04. The summed E-state index contributed by atoms with van der Waals surface area (Å²) < 4.78 is 26.6. The van der Waals surface area contributed by atoms with E-state index in [2.05, 4.69) is 4.72 Å². The van der Waals surface area contributed by atoms with Gasteiger partial charge in [-0.15, -0.1) is 0 Å². The SMILES string of the molecule is CC(N)CNS(=O)(=O)c1ccc(C2CCCCC2)cc1. The quantitative estimate of drug-likeness (QED) is 0.876. The normalized spacial score (nSPS) is 18.9. The van der Waals surface area contributed by atoms with Crippen molar-refractivity contribution in [3.8, 4) is 0 Å². The summed E-state index contributed by atoms with van der Waals surface area (Å²) >= 11 is 0. The fourth-order valence-electron chi connectivity index (χ4n) is 2.68. The highest BCUT2D eigenvalue weighted by Crippen LogP contribution is 2.32. The summed E-state index contributed by atoms with van der Waals surface area (Å²) in [5.41, 5.74) is 6.83. The molecular weight excluding hydrogens is 272 g/mol. The number of rotatable bonds is 5. The second-order valence-corrected chi connectivity index (χ2v) is 7.50. The Hall–Kier alpha value is -0.910. The standard InChI is InChI=1S/C15H24N2O2S/c1-12(16)11-17-20(18,19)15-9-7-14(8-10-15)13-5-3-2-4-6-13/h7-10,12-13,17H,2-6,11,16H2,1H3. The van der Waals surface area contributed by atoms with E-state index in [0.29, 0.717) is 10.8 Å². The second-order valence-electron chi connectivity index (χ2n) is 5.73. The predicted octanol–water partition coefficient (Wildman–Crippen LogP) is 2.36. The highest BCUT2D eigenvalue weighted by atomic mass is 32.2. The van der Waals surface area contributed by atoms with Crippen LogP contribution in [0.2, 0.25) is 0 Å². The molecule has 1 atom stereocenters. The molecule has 1 unspecified atom stereocenters. The summed E-state index contributed by atoms with van der Waals surface area (Å²) in [4.78, 5) is 0.317. The molecule has 112 valence electrons. The van der Waals surface area contributed by atoms with Crippen molar-refractivity contribution in [2.24, 2.45) is 5.73 Å². The molecule has 1 aliphatic carbocycles. The highest BCUT2D eigenvalue weighted by molar-refractivity contribution is 7.89. The van der Waals surface area contributed by atoms with E-state index in [-0.39, 0.29) is 12.6 Å². The predicted molar refractivity (Wildman–Crippen MR) is 81.1 cm³/mol. The zero-order valence-corrected chi connectivity index (χ0v) is 12.8. The summed E-state index contributed by atoms with van der Waals surface area (Å²) in [7, 11) is -3.43. The van der Waals surface area contributed by atoms with Crippen molar-refractivity contribution in [2.75, 3.05) is 6.54 Å². The summed E-state index contributed by atoms with van der Waals surface area (Å²) in [5.74, 6) is 0.595. The first kappa shape index (κ1) is 15.5. The Morgan fingerprint density at radius 2 is 1.80 bits per heavy atom. The maximum absolute atomic E-state index is 12.1. The summed E-state index contributed by atoms with van der Waals surface area (Å²) in [6, 6.07) is 7.12. The van der Waals surface area contributed by atoms with Crippen LogP contribution in [0.4, 0.5) is 0 Å². The Morgan fingerprint density at radius 3 is 2.35 bits per heavy atom. The number of hydrogen-bond donors (Lipinski definition) is 2. The molecule has 0 spiro atoms. The molecule has 0 aromatic heterocycles. The average Bonchev–Trinajstić information content (AvgIpc) is 2.46. The van der Waals surface area contributed by atoms with Crippen LogP contribution in [0.3, 0.4) is 0 Å². The molecule has 1 fully saturated rings. The van der Waals surface area contributed by atoms with Crippen LogP contribution in [-0.4, -0.2) is 21.0 Å². The first-order chi connectivity index (χ1) is 9.49. The molecule has 4 nitrogen and oxygen atoms in total. The van der Waals surface area contributed by atoms with E-state index in [1.807, 2.05) is 12.1 Å². The summed E-state index contributed by atoms with van der Waals surface area (Å²) in [6.45, 7) is 2.03. The molecule has 5 heteroatoms. The van der Waals surface area contributed by atoms with Crippen LogP contribution in [-0.2, 0) is 10.0 Å². The van der Waals surface area contributed by atoms with E-state index < -0.39 is 10.0 Å². The van der Waals surface area contributed by atoms with Crippen molar-refractivity contribution in [3.63, 3.8) is 0 Å². The van der Waals surface area contributed by atoms with Gasteiger partial charge in [-0.25, -0.2) is 13.1 Å². The first-order valence-electron chi connectivity index (χ1n) is 7.34. The number of hydrogen-bond acceptors (Lipinski definition) is 3. The lowest BCUT2D eigenvalue weighted by molar-refractivity contribution is 0.443. The molecular formula is C15H24N2O2S. The van der Waals surface area contributed by atoms with Crippen LogP contribution in [0.15, 0.2) is 29.2 Å². The lowest BCUT2D eigenvalue weighted by atomic mass is 9.84. The topological polar surface area (TPSA) is 72.2 Å². The smallest absolute Gasteiger partial charge is 0.240 e. The maximum Gasteiger partial charge on any atom is 0.240 e. The van der Waals surface area contributed by atoms with Gasteiger partial charge >= 0.3 is 0 Å². The van der Waals surface area contributed by atoms with Gasteiger partial charge in [0.2, 0.25) is 10.0 Å². The molecule has 0 bridgehead atoms. The van der Waals surface area contributed by atoms with E-state index in [9.17, 15) is 8.42 Å². The number of sulfonamides is 1. The van der Waals surface area contributed by atoms with Crippen LogP contribution >= 0.6 is 0 Å². The Labute approximate surface area is 121 Å². The van der Waals surface area contributed by atoms with Crippen LogP contribution in [0.5, 0.6) is 0 Å². The van der Waals surface area contributed by atoms with Gasteiger partial charge in [-0.2, -0.15) is 0 Å². The molecule has 0 amide bonds. The van der Waals surface area contributed by atoms with Gasteiger partial charge in [0.05, 0.1) is 4.90 Å².